The van der Waals surface area contributed by atoms with Crippen molar-refractivity contribution >= 4 is 35.0 Å². The third-order valence-corrected chi connectivity index (χ3v) is 5.58. The summed E-state index contributed by atoms with van der Waals surface area (Å²) in [5.74, 6) is 0.834. The Balaban J connectivity index is 1.75. The topological polar surface area (TPSA) is 125 Å². The average Bonchev–Trinajstić information content (AvgIpc) is 3.39. The van der Waals surface area contributed by atoms with Gasteiger partial charge in [0, 0.05) is 38.1 Å². The third kappa shape index (κ3) is 6.58. The fourth-order valence-electron chi connectivity index (χ4n) is 3.15. The SMILES string of the molecule is CCOc1nn(CC)cc1-c1nnc(SCC(=O)Nc2cccc(NC(C)=O)c2)n1CCOC. The maximum absolute atomic E-state index is 12.6. The minimum Gasteiger partial charge on any atom is -0.476 e. The first-order chi connectivity index (χ1) is 16.4. The van der Waals surface area contributed by atoms with Gasteiger partial charge in [-0.25, -0.2) is 0 Å². The van der Waals surface area contributed by atoms with Crippen molar-refractivity contribution in [1.82, 2.24) is 24.5 Å². The highest BCUT2D eigenvalue weighted by Crippen LogP contribution is 2.30. The van der Waals surface area contributed by atoms with E-state index in [4.69, 9.17) is 9.47 Å². The molecule has 34 heavy (non-hydrogen) atoms. The molecule has 3 aromatic rings. The van der Waals surface area contributed by atoms with Crippen molar-refractivity contribution in [2.45, 2.75) is 39.0 Å². The fraction of sp³-hybridized carbons (Fsp3) is 0.409. The van der Waals surface area contributed by atoms with Crippen molar-refractivity contribution in [1.29, 1.82) is 0 Å². The van der Waals surface area contributed by atoms with E-state index in [0.29, 0.717) is 54.5 Å². The van der Waals surface area contributed by atoms with Crippen molar-refractivity contribution in [3.8, 4) is 17.3 Å². The summed E-state index contributed by atoms with van der Waals surface area (Å²) in [6.45, 7) is 7.45. The molecule has 0 aliphatic carbocycles. The van der Waals surface area contributed by atoms with Crippen LogP contribution in [0.4, 0.5) is 11.4 Å². The second-order valence-corrected chi connectivity index (χ2v) is 8.13. The lowest BCUT2D eigenvalue weighted by atomic mass is 10.2. The highest BCUT2D eigenvalue weighted by atomic mass is 32.2. The predicted molar refractivity (Wildman–Crippen MR) is 130 cm³/mol. The zero-order valence-corrected chi connectivity index (χ0v) is 20.5. The summed E-state index contributed by atoms with van der Waals surface area (Å²) >= 11 is 1.27. The van der Waals surface area contributed by atoms with Crippen LogP contribution in [0.2, 0.25) is 0 Å². The minimum atomic E-state index is -0.207. The number of carbonyl (C=O) groups excluding carboxylic acids is 2. The van der Waals surface area contributed by atoms with Gasteiger partial charge < -0.3 is 20.1 Å². The van der Waals surface area contributed by atoms with Gasteiger partial charge in [0.2, 0.25) is 17.7 Å². The van der Waals surface area contributed by atoms with Gasteiger partial charge in [0.1, 0.15) is 5.56 Å². The van der Waals surface area contributed by atoms with Crippen molar-refractivity contribution < 1.29 is 19.1 Å². The van der Waals surface area contributed by atoms with E-state index in [1.54, 1.807) is 36.1 Å². The number of hydrogen-bond acceptors (Lipinski definition) is 8. The number of hydrogen-bond donors (Lipinski definition) is 2. The molecule has 0 fully saturated rings. The summed E-state index contributed by atoms with van der Waals surface area (Å²) in [5.41, 5.74) is 1.93. The number of amides is 2. The number of anilines is 2. The molecule has 2 aromatic heterocycles. The number of nitrogens with zero attached hydrogens (tertiary/aromatic N) is 5. The lowest BCUT2D eigenvalue weighted by molar-refractivity contribution is -0.114. The van der Waals surface area contributed by atoms with Crippen LogP contribution in [0.25, 0.3) is 11.4 Å². The van der Waals surface area contributed by atoms with Crippen LogP contribution >= 0.6 is 11.8 Å². The van der Waals surface area contributed by atoms with E-state index < -0.39 is 0 Å². The van der Waals surface area contributed by atoms with Crippen LogP contribution in [0, 0.1) is 0 Å². The maximum atomic E-state index is 12.6. The Bertz CT molecular complexity index is 1130. The quantitative estimate of drug-likeness (QED) is 0.374. The van der Waals surface area contributed by atoms with Crippen molar-refractivity contribution in [3.05, 3.63) is 30.5 Å². The number of benzene rings is 1. The Morgan fingerprint density at radius 1 is 1.15 bits per heavy atom. The van der Waals surface area contributed by atoms with E-state index in [-0.39, 0.29) is 17.6 Å². The molecule has 2 amide bonds. The van der Waals surface area contributed by atoms with Gasteiger partial charge in [0.05, 0.1) is 25.5 Å². The molecule has 2 N–H and O–H groups in total. The van der Waals surface area contributed by atoms with Crippen LogP contribution < -0.4 is 15.4 Å². The molecule has 182 valence electrons. The zero-order valence-electron chi connectivity index (χ0n) is 19.7. The van der Waals surface area contributed by atoms with Gasteiger partial charge in [-0.05, 0) is 32.0 Å². The van der Waals surface area contributed by atoms with Crippen molar-refractivity contribution in [3.63, 3.8) is 0 Å². The molecule has 0 bridgehead atoms. The predicted octanol–water partition coefficient (Wildman–Crippen LogP) is 2.90. The van der Waals surface area contributed by atoms with Gasteiger partial charge >= 0.3 is 0 Å². The Hall–Kier alpha value is -3.38. The van der Waals surface area contributed by atoms with Gasteiger partial charge in [0.25, 0.3) is 0 Å². The van der Waals surface area contributed by atoms with E-state index in [9.17, 15) is 9.59 Å². The smallest absolute Gasteiger partial charge is 0.243 e. The summed E-state index contributed by atoms with van der Waals surface area (Å²) in [5, 5.41) is 19.2. The molecule has 0 unspecified atom stereocenters. The molecule has 1 aromatic carbocycles. The van der Waals surface area contributed by atoms with Gasteiger partial charge in [-0.1, -0.05) is 17.8 Å². The maximum Gasteiger partial charge on any atom is 0.243 e. The Morgan fingerprint density at radius 2 is 1.91 bits per heavy atom. The minimum absolute atomic E-state index is 0.127. The van der Waals surface area contributed by atoms with E-state index >= 15 is 0 Å². The molecule has 0 aliphatic heterocycles. The molecule has 0 radical (unpaired) electrons. The number of aryl methyl sites for hydroxylation is 1. The number of methoxy groups -OCH3 is 1. The first kappa shape index (κ1) is 25.2. The molecule has 3 rings (SSSR count). The first-order valence-corrected chi connectivity index (χ1v) is 11.9. The fourth-order valence-corrected chi connectivity index (χ4v) is 3.91. The van der Waals surface area contributed by atoms with Crippen LogP contribution in [0.3, 0.4) is 0 Å². The standard InChI is InChI=1S/C22H29N7O4S/c1-5-28-13-18(21(27-28)33-6-2)20-25-26-22(29(20)10-11-32-4)34-14-19(31)24-17-9-7-8-16(12-17)23-15(3)30/h7-9,12-13H,5-6,10-11,14H2,1-4H3,(H,23,30)(H,24,31). The van der Waals surface area contributed by atoms with Crippen molar-refractivity contribution in [2.75, 3.05) is 36.7 Å². The summed E-state index contributed by atoms with van der Waals surface area (Å²) in [4.78, 5) is 23.8. The molecule has 0 atom stereocenters. The van der Waals surface area contributed by atoms with E-state index in [1.165, 1.54) is 18.7 Å². The Kier molecular flexibility index (Phi) is 9.05. The molecule has 0 spiro atoms. The number of carbonyl (C=O) groups is 2. The molecule has 0 saturated heterocycles. The summed E-state index contributed by atoms with van der Waals surface area (Å²) < 4.78 is 14.6. The molecule has 11 nitrogen and oxygen atoms in total. The van der Waals surface area contributed by atoms with Gasteiger partial charge in [-0.2, -0.15) is 0 Å². The largest absolute Gasteiger partial charge is 0.476 e. The zero-order chi connectivity index (χ0) is 24.5. The van der Waals surface area contributed by atoms with Crippen molar-refractivity contribution in [2.24, 2.45) is 0 Å². The molecular weight excluding hydrogens is 458 g/mol. The van der Waals surface area contributed by atoms with E-state index in [0.717, 1.165) is 5.56 Å². The number of thioether (sulfide) groups is 1. The monoisotopic (exact) mass is 487 g/mol. The van der Waals surface area contributed by atoms with Crippen LogP contribution in [0.5, 0.6) is 5.88 Å². The van der Waals surface area contributed by atoms with Gasteiger partial charge in [0.15, 0.2) is 11.0 Å². The first-order valence-electron chi connectivity index (χ1n) is 10.9. The lowest BCUT2D eigenvalue weighted by Gasteiger charge is -2.10. The van der Waals surface area contributed by atoms with E-state index in [2.05, 4.69) is 25.9 Å². The highest BCUT2D eigenvalue weighted by molar-refractivity contribution is 7.99. The molecule has 2 heterocycles. The van der Waals surface area contributed by atoms with Crippen LogP contribution in [0.1, 0.15) is 20.8 Å². The summed E-state index contributed by atoms with van der Waals surface area (Å²) in [7, 11) is 1.63. The van der Waals surface area contributed by atoms with Gasteiger partial charge in [-0.15, -0.1) is 15.3 Å². The molecule has 12 heteroatoms. The summed E-state index contributed by atoms with van der Waals surface area (Å²) in [6.07, 6.45) is 1.88. The number of rotatable bonds is 12. The average molecular weight is 488 g/mol. The number of nitrogens with one attached hydrogen (secondary N) is 2. The van der Waals surface area contributed by atoms with Crippen LogP contribution in [0.15, 0.2) is 35.6 Å². The molecule has 0 aliphatic rings. The highest BCUT2D eigenvalue weighted by Gasteiger charge is 2.21. The second kappa shape index (κ2) is 12.2. The Labute approximate surface area is 202 Å². The number of aromatic nitrogens is 5. The van der Waals surface area contributed by atoms with Crippen LogP contribution in [-0.4, -0.2) is 62.4 Å². The lowest BCUT2D eigenvalue weighted by Crippen LogP contribution is -2.15. The summed E-state index contributed by atoms with van der Waals surface area (Å²) in [6, 6.07) is 6.97. The second-order valence-electron chi connectivity index (χ2n) is 7.19. The normalized spacial score (nSPS) is 10.8. The Morgan fingerprint density at radius 3 is 2.59 bits per heavy atom. The van der Waals surface area contributed by atoms with Gasteiger partial charge in [-0.3, -0.25) is 18.8 Å². The molecular formula is C22H29N7O4S. The third-order valence-electron chi connectivity index (χ3n) is 4.61. The molecule has 0 saturated carbocycles. The van der Waals surface area contributed by atoms with Crippen LogP contribution in [-0.2, 0) is 27.4 Å². The van der Waals surface area contributed by atoms with E-state index in [1.807, 2.05) is 24.6 Å². The number of ether oxygens (including phenoxy) is 2.